The molecule has 0 heterocycles. The quantitative estimate of drug-likeness (QED) is 0.343. The molecule has 3 aromatic carbocycles. The first kappa shape index (κ1) is 29.1. The van der Waals surface area contributed by atoms with Gasteiger partial charge in [-0.15, -0.1) is 0 Å². The Kier molecular flexibility index (Phi) is 9.82. The van der Waals surface area contributed by atoms with Gasteiger partial charge in [0.1, 0.15) is 18.3 Å². The lowest BCUT2D eigenvalue weighted by atomic mass is 10.1. The molecule has 9 heteroatoms. The fourth-order valence-corrected chi connectivity index (χ4v) is 6.50. The van der Waals surface area contributed by atoms with Crippen LogP contribution < -0.4 is 14.4 Å². The summed E-state index contributed by atoms with van der Waals surface area (Å²) in [6, 6.07) is 23.3. The summed E-state index contributed by atoms with van der Waals surface area (Å²) in [4.78, 5) is 29.1. The van der Waals surface area contributed by atoms with Crippen LogP contribution in [0.3, 0.4) is 0 Å². The van der Waals surface area contributed by atoms with Crippen LogP contribution in [0.25, 0.3) is 0 Å². The number of amides is 2. The fourth-order valence-electron chi connectivity index (χ4n) is 5.06. The summed E-state index contributed by atoms with van der Waals surface area (Å²) >= 11 is 0. The zero-order valence-electron chi connectivity index (χ0n) is 23.0. The normalized spacial score (nSPS) is 14.3. The van der Waals surface area contributed by atoms with E-state index in [1.165, 1.54) is 24.1 Å². The molecule has 0 spiro atoms. The molecule has 1 unspecified atom stereocenters. The van der Waals surface area contributed by atoms with E-state index in [0.717, 1.165) is 35.6 Å². The number of carbonyl (C=O) groups is 2. The minimum Gasteiger partial charge on any atom is -0.497 e. The molecule has 1 atom stereocenters. The van der Waals surface area contributed by atoms with Gasteiger partial charge in [-0.1, -0.05) is 68.3 Å². The van der Waals surface area contributed by atoms with Crippen LogP contribution in [0.2, 0.25) is 0 Å². The smallest absolute Gasteiger partial charge is 0.264 e. The third-order valence-electron chi connectivity index (χ3n) is 7.25. The Morgan fingerprint density at radius 3 is 2.10 bits per heavy atom. The predicted molar refractivity (Wildman–Crippen MR) is 155 cm³/mol. The second-order valence-corrected chi connectivity index (χ2v) is 11.8. The second-order valence-electron chi connectivity index (χ2n) is 9.94. The highest BCUT2D eigenvalue weighted by atomic mass is 32.2. The Bertz CT molecular complexity index is 1360. The van der Waals surface area contributed by atoms with Crippen molar-refractivity contribution in [3.63, 3.8) is 0 Å². The SMILES string of the molecule is CCC(C(=O)NC1CCCC1)N(Cc1ccccc1)C(=O)CN(c1ccc(OC)cc1)S(=O)(=O)c1ccccc1. The van der Waals surface area contributed by atoms with Crippen molar-refractivity contribution in [1.29, 1.82) is 0 Å². The molecule has 1 aliphatic rings. The zero-order chi connectivity index (χ0) is 28.5. The van der Waals surface area contributed by atoms with Gasteiger partial charge in [-0.2, -0.15) is 0 Å². The van der Waals surface area contributed by atoms with Crippen molar-refractivity contribution >= 4 is 27.5 Å². The molecule has 0 aliphatic heterocycles. The van der Waals surface area contributed by atoms with Crippen molar-refractivity contribution in [2.24, 2.45) is 0 Å². The highest BCUT2D eigenvalue weighted by molar-refractivity contribution is 7.92. The molecule has 1 N–H and O–H groups in total. The van der Waals surface area contributed by atoms with Crippen LogP contribution >= 0.6 is 0 Å². The van der Waals surface area contributed by atoms with E-state index in [0.29, 0.717) is 17.9 Å². The van der Waals surface area contributed by atoms with E-state index in [1.807, 2.05) is 37.3 Å². The number of rotatable bonds is 12. The molecule has 3 aromatic rings. The summed E-state index contributed by atoms with van der Waals surface area (Å²) < 4.78 is 34.0. The Balaban J connectivity index is 1.69. The van der Waals surface area contributed by atoms with Gasteiger partial charge in [-0.05, 0) is 61.2 Å². The highest BCUT2D eigenvalue weighted by Gasteiger charge is 2.34. The molecule has 0 bridgehead atoms. The molecule has 0 aromatic heterocycles. The molecule has 2 amide bonds. The van der Waals surface area contributed by atoms with Gasteiger partial charge in [-0.3, -0.25) is 13.9 Å². The van der Waals surface area contributed by atoms with E-state index < -0.39 is 28.5 Å². The van der Waals surface area contributed by atoms with Gasteiger partial charge in [0.15, 0.2) is 0 Å². The van der Waals surface area contributed by atoms with Crippen molar-refractivity contribution in [1.82, 2.24) is 10.2 Å². The van der Waals surface area contributed by atoms with E-state index in [-0.39, 0.29) is 23.4 Å². The molecule has 40 heavy (non-hydrogen) atoms. The number of hydrogen-bond donors (Lipinski definition) is 1. The zero-order valence-corrected chi connectivity index (χ0v) is 23.8. The average Bonchev–Trinajstić information content (AvgIpc) is 3.49. The van der Waals surface area contributed by atoms with Crippen molar-refractivity contribution in [3.8, 4) is 5.75 Å². The molecular weight excluding hydrogens is 526 g/mol. The molecule has 1 saturated carbocycles. The molecule has 1 fully saturated rings. The largest absolute Gasteiger partial charge is 0.497 e. The Morgan fingerprint density at radius 2 is 1.52 bits per heavy atom. The van der Waals surface area contributed by atoms with E-state index in [2.05, 4.69) is 5.32 Å². The molecule has 0 saturated heterocycles. The second kappa shape index (κ2) is 13.5. The van der Waals surface area contributed by atoms with Gasteiger partial charge < -0.3 is 15.0 Å². The number of benzene rings is 3. The van der Waals surface area contributed by atoms with Gasteiger partial charge >= 0.3 is 0 Å². The monoisotopic (exact) mass is 563 g/mol. The van der Waals surface area contributed by atoms with Crippen LogP contribution in [0, 0.1) is 0 Å². The first-order chi connectivity index (χ1) is 19.3. The van der Waals surface area contributed by atoms with Gasteiger partial charge in [0, 0.05) is 12.6 Å². The number of hydrogen-bond acceptors (Lipinski definition) is 5. The topological polar surface area (TPSA) is 96.0 Å². The van der Waals surface area contributed by atoms with Crippen molar-refractivity contribution < 1.29 is 22.7 Å². The number of ether oxygens (including phenoxy) is 1. The average molecular weight is 564 g/mol. The molecule has 1 aliphatic carbocycles. The Morgan fingerprint density at radius 1 is 0.925 bits per heavy atom. The summed E-state index contributed by atoms with van der Waals surface area (Å²) in [5.41, 5.74) is 1.17. The summed E-state index contributed by atoms with van der Waals surface area (Å²) in [6.45, 7) is 1.58. The third kappa shape index (κ3) is 7.01. The summed E-state index contributed by atoms with van der Waals surface area (Å²) in [5, 5.41) is 3.13. The van der Waals surface area contributed by atoms with Crippen LogP contribution in [0.15, 0.2) is 89.8 Å². The maximum Gasteiger partial charge on any atom is 0.264 e. The number of nitrogens with one attached hydrogen (secondary N) is 1. The number of sulfonamides is 1. The van der Waals surface area contributed by atoms with Crippen LogP contribution in [-0.4, -0.2) is 50.9 Å². The van der Waals surface area contributed by atoms with Crippen LogP contribution in [-0.2, 0) is 26.2 Å². The van der Waals surface area contributed by atoms with Crippen LogP contribution in [0.5, 0.6) is 5.75 Å². The molecule has 0 radical (unpaired) electrons. The first-order valence-electron chi connectivity index (χ1n) is 13.7. The summed E-state index contributed by atoms with van der Waals surface area (Å²) in [7, 11) is -2.57. The van der Waals surface area contributed by atoms with Gasteiger partial charge in [0.2, 0.25) is 11.8 Å². The summed E-state index contributed by atoms with van der Waals surface area (Å²) in [6.07, 6.45) is 4.39. The lowest BCUT2D eigenvalue weighted by Gasteiger charge is -2.33. The van der Waals surface area contributed by atoms with Crippen molar-refractivity contribution in [2.45, 2.75) is 62.6 Å². The minimum absolute atomic E-state index is 0.0687. The number of nitrogens with zero attached hydrogens (tertiary/aromatic N) is 2. The predicted octanol–water partition coefficient (Wildman–Crippen LogP) is 4.76. The number of anilines is 1. The van der Waals surface area contributed by atoms with Gasteiger partial charge in [-0.25, -0.2) is 8.42 Å². The Labute approximate surface area is 237 Å². The maximum atomic E-state index is 14.1. The summed E-state index contributed by atoms with van der Waals surface area (Å²) in [5.74, 6) is -0.110. The standard InChI is InChI=1S/C31H37N3O5S/c1-3-29(31(36)32-25-14-10-11-15-25)33(22-24-12-6-4-7-13-24)30(35)23-34(26-18-20-27(39-2)21-19-26)40(37,38)28-16-8-5-9-17-28/h4-9,12-13,16-21,25,29H,3,10-11,14-15,22-23H2,1-2H3,(H,32,36). The molecule has 8 nitrogen and oxygen atoms in total. The number of carbonyl (C=O) groups excluding carboxylic acids is 2. The van der Waals surface area contributed by atoms with Gasteiger partial charge in [0.25, 0.3) is 10.0 Å². The molecule has 212 valence electrons. The van der Waals surface area contributed by atoms with E-state index in [9.17, 15) is 18.0 Å². The fraction of sp³-hybridized carbons (Fsp3) is 0.355. The lowest BCUT2D eigenvalue weighted by molar-refractivity contribution is -0.140. The Hall–Kier alpha value is -3.85. The number of methoxy groups -OCH3 is 1. The van der Waals surface area contributed by atoms with Gasteiger partial charge in [0.05, 0.1) is 17.7 Å². The van der Waals surface area contributed by atoms with Crippen LogP contribution in [0.4, 0.5) is 5.69 Å². The van der Waals surface area contributed by atoms with E-state index in [4.69, 9.17) is 4.74 Å². The minimum atomic E-state index is -4.10. The highest BCUT2D eigenvalue weighted by Crippen LogP contribution is 2.27. The van der Waals surface area contributed by atoms with Crippen molar-refractivity contribution in [3.05, 3.63) is 90.5 Å². The van der Waals surface area contributed by atoms with E-state index >= 15 is 0 Å². The van der Waals surface area contributed by atoms with E-state index in [1.54, 1.807) is 42.5 Å². The van der Waals surface area contributed by atoms with Crippen LogP contribution in [0.1, 0.15) is 44.6 Å². The third-order valence-corrected chi connectivity index (χ3v) is 9.04. The molecular formula is C31H37N3O5S. The molecule has 4 rings (SSSR count). The maximum absolute atomic E-state index is 14.1. The van der Waals surface area contributed by atoms with Crippen molar-refractivity contribution in [2.75, 3.05) is 18.0 Å². The first-order valence-corrected chi connectivity index (χ1v) is 15.1. The lowest BCUT2D eigenvalue weighted by Crippen LogP contribution is -2.53.